The molecule has 1 aliphatic heterocycles. The summed E-state index contributed by atoms with van der Waals surface area (Å²) in [4.78, 5) is 0. The van der Waals surface area contributed by atoms with Crippen molar-refractivity contribution in [2.45, 2.75) is 0 Å². The average Bonchev–Trinajstić information content (AvgIpc) is 1.84. The van der Waals surface area contributed by atoms with Crippen LogP contribution in [0.4, 0.5) is 0 Å². The Morgan fingerprint density at radius 1 is 1.43 bits per heavy atom. The van der Waals surface area contributed by atoms with Crippen molar-refractivity contribution >= 4 is 28.4 Å². The van der Waals surface area contributed by atoms with Gasteiger partial charge >= 0.3 is 0 Å². The van der Waals surface area contributed by atoms with Crippen LogP contribution in [0.2, 0.25) is 0 Å². The molecule has 0 spiro atoms. The van der Waals surface area contributed by atoms with E-state index in [4.69, 9.17) is 23.0 Å². The van der Waals surface area contributed by atoms with E-state index in [-0.39, 0.29) is 0 Å². The highest BCUT2D eigenvalue weighted by molar-refractivity contribution is 8.27. The lowest BCUT2D eigenvalue weighted by Crippen LogP contribution is -1.69. The fourth-order valence-corrected chi connectivity index (χ4v) is 2.61. The van der Waals surface area contributed by atoms with Gasteiger partial charge in [-0.2, -0.15) is 0 Å². The molecular weight excluding hydrogens is 147 g/mol. The Hall–Kier alpha value is 0.680. The summed E-state index contributed by atoms with van der Waals surface area (Å²) in [5.41, 5.74) is 0. The molecule has 0 atom stereocenters. The number of hydrogen-bond acceptors (Lipinski definition) is 1. The summed E-state index contributed by atoms with van der Waals surface area (Å²) in [6.45, 7) is 0. The highest BCUT2D eigenvalue weighted by Gasteiger charge is 2.12. The Labute approximate surface area is 53.4 Å². The molecule has 1 aliphatic rings. The van der Waals surface area contributed by atoms with Gasteiger partial charge in [0.15, 0.2) is 0 Å². The minimum Gasteiger partial charge on any atom is -0.0849 e. The van der Waals surface area contributed by atoms with Crippen LogP contribution in [0.25, 0.3) is 0 Å². The molecule has 0 unspecified atom stereocenters. The average molecular weight is 153 g/mol. The maximum absolute atomic E-state index is 5.83. The summed E-state index contributed by atoms with van der Waals surface area (Å²) in [5, 5.41) is -1.35. The molecule has 3 heteroatoms. The largest absolute Gasteiger partial charge is 0.0849 e. The molecule has 0 radical (unpaired) electrons. The molecule has 0 saturated heterocycles. The molecule has 0 bridgehead atoms. The molecule has 0 nitrogen and oxygen atoms in total. The molecule has 0 fully saturated rings. The molecule has 40 valence electrons. The molecule has 0 amide bonds. The van der Waals surface area contributed by atoms with Crippen LogP contribution in [0.15, 0.2) is 12.2 Å². The Kier molecular flexibility index (Phi) is 1.57. The van der Waals surface area contributed by atoms with Gasteiger partial charge in [0.2, 0.25) is 0 Å². The molecule has 1 heterocycles. The van der Waals surface area contributed by atoms with Crippen molar-refractivity contribution in [1.29, 1.82) is 0 Å². The number of rotatable bonds is 0. The van der Waals surface area contributed by atoms with Gasteiger partial charge in [-0.05, 0) is 0 Å². The van der Waals surface area contributed by atoms with E-state index in [1.807, 2.05) is 0 Å². The first-order valence-corrected chi connectivity index (χ1v) is 6.21. The van der Waals surface area contributed by atoms with Crippen molar-refractivity contribution in [3.8, 4) is 0 Å². The van der Waals surface area contributed by atoms with Gasteiger partial charge in [-0.15, -0.1) is 0 Å². The molecule has 7 heavy (non-hydrogen) atoms. The summed E-state index contributed by atoms with van der Waals surface area (Å²) in [6.07, 6.45) is 6.08. The summed E-state index contributed by atoms with van der Waals surface area (Å²) in [5.74, 6) is 0. The van der Waals surface area contributed by atoms with Gasteiger partial charge in [0.1, 0.15) is 0 Å². The van der Waals surface area contributed by atoms with Gasteiger partial charge in [0.05, 0.1) is 0 Å². The van der Waals surface area contributed by atoms with E-state index in [1.165, 1.54) is 0 Å². The first-order valence-electron chi connectivity index (χ1n) is 2.13. The Morgan fingerprint density at radius 2 is 1.86 bits per heavy atom. The molecule has 0 aromatic heterocycles. The summed E-state index contributed by atoms with van der Waals surface area (Å²) in [7, 11) is 0. The van der Waals surface area contributed by atoms with Gasteiger partial charge in [0, 0.05) is 17.7 Å². The second-order valence-electron chi connectivity index (χ2n) is 1.63. The summed E-state index contributed by atoms with van der Waals surface area (Å²) >= 11 is 10.9. The van der Waals surface area contributed by atoms with Crippen LogP contribution in [0.1, 0.15) is 0 Å². The van der Waals surface area contributed by atoms with E-state index >= 15 is 0 Å². The molecule has 0 aromatic rings. The second kappa shape index (κ2) is 1.89. The van der Waals surface area contributed by atoms with Crippen LogP contribution in [0.5, 0.6) is 0 Å². The van der Waals surface area contributed by atoms with E-state index in [0.29, 0.717) is 0 Å². The number of halogens is 1. The zero-order valence-corrected chi connectivity index (χ0v) is 6.27. The molecule has 0 N–H and O–H groups in total. The fourth-order valence-electron chi connectivity index (χ4n) is 0.538. The predicted molar refractivity (Wildman–Crippen MR) is 39.0 cm³/mol. The van der Waals surface area contributed by atoms with Crippen molar-refractivity contribution in [3.05, 3.63) is 12.2 Å². The van der Waals surface area contributed by atoms with Crippen LogP contribution in [-0.2, 0) is 11.8 Å². The maximum atomic E-state index is 5.83. The molecule has 0 saturated carbocycles. The van der Waals surface area contributed by atoms with E-state index < -0.39 is 5.39 Å². The van der Waals surface area contributed by atoms with Gasteiger partial charge < -0.3 is 0 Å². The third-order valence-electron chi connectivity index (χ3n) is 0.923. The highest BCUT2D eigenvalue weighted by atomic mass is 35.7. The minimum atomic E-state index is -1.35. The third-order valence-corrected chi connectivity index (χ3v) is 4.16. The Balaban J connectivity index is 2.67. The highest BCUT2D eigenvalue weighted by Crippen LogP contribution is 2.54. The standard InChI is InChI=1S/C4H6ClPS/c5-6(7)3-1-2-4-6/h1-2H,3-4H2. The fraction of sp³-hybridized carbons (Fsp3) is 0.500. The topological polar surface area (TPSA) is 0 Å². The zero-order valence-electron chi connectivity index (χ0n) is 3.80. The molecular formula is C4H6ClPS. The van der Waals surface area contributed by atoms with Crippen LogP contribution in [-0.4, -0.2) is 12.3 Å². The number of hydrogen-bond donors (Lipinski definition) is 0. The smallest absolute Gasteiger partial charge is 0.0459 e. The van der Waals surface area contributed by atoms with Crippen LogP contribution in [0, 0.1) is 0 Å². The van der Waals surface area contributed by atoms with Crippen molar-refractivity contribution in [2.24, 2.45) is 0 Å². The van der Waals surface area contributed by atoms with Crippen LogP contribution in [0.3, 0.4) is 0 Å². The first-order chi connectivity index (χ1) is 3.21. The van der Waals surface area contributed by atoms with Gasteiger partial charge in [0.25, 0.3) is 0 Å². The SMILES string of the molecule is S=P1(Cl)CC=CC1. The number of allylic oxidation sites excluding steroid dienone is 2. The van der Waals surface area contributed by atoms with Crippen LogP contribution >= 0.6 is 16.6 Å². The van der Waals surface area contributed by atoms with E-state index in [2.05, 4.69) is 12.2 Å². The van der Waals surface area contributed by atoms with Crippen molar-refractivity contribution in [2.75, 3.05) is 12.3 Å². The maximum Gasteiger partial charge on any atom is 0.0459 e. The zero-order chi connectivity index (χ0) is 5.33. The minimum absolute atomic E-state index is 0.962. The van der Waals surface area contributed by atoms with Gasteiger partial charge in [-0.1, -0.05) is 35.2 Å². The predicted octanol–water partition coefficient (Wildman–Crippen LogP) is 2.19. The molecule has 0 aromatic carbocycles. The van der Waals surface area contributed by atoms with Gasteiger partial charge in [-0.25, -0.2) is 0 Å². The molecule has 1 rings (SSSR count). The third kappa shape index (κ3) is 1.56. The summed E-state index contributed by atoms with van der Waals surface area (Å²) < 4.78 is 0. The van der Waals surface area contributed by atoms with Crippen molar-refractivity contribution in [3.63, 3.8) is 0 Å². The Morgan fingerprint density at radius 3 is 2.00 bits per heavy atom. The summed E-state index contributed by atoms with van der Waals surface area (Å²) in [6, 6.07) is 0. The second-order valence-corrected chi connectivity index (χ2v) is 8.58. The lowest BCUT2D eigenvalue weighted by atomic mass is 10.6. The monoisotopic (exact) mass is 152 g/mol. The lowest BCUT2D eigenvalue weighted by Gasteiger charge is -1.98. The normalized spacial score (nSPS) is 25.9. The van der Waals surface area contributed by atoms with E-state index in [9.17, 15) is 0 Å². The van der Waals surface area contributed by atoms with Crippen molar-refractivity contribution < 1.29 is 0 Å². The van der Waals surface area contributed by atoms with Gasteiger partial charge in [-0.3, -0.25) is 0 Å². The lowest BCUT2D eigenvalue weighted by molar-refractivity contribution is 1.78. The van der Waals surface area contributed by atoms with E-state index in [0.717, 1.165) is 12.3 Å². The van der Waals surface area contributed by atoms with Crippen molar-refractivity contribution in [1.82, 2.24) is 0 Å². The molecule has 0 aliphatic carbocycles. The quantitative estimate of drug-likeness (QED) is 0.379. The van der Waals surface area contributed by atoms with Crippen LogP contribution < -0.4 is 0 Å². The first kappa shape index (κ1) is 5.81. The van der Waals surface area contributed by atoms with E-state index in [1.54, 1.807) is 0 Å². The Bertz CT molecular complexity index is 129.